The minimum absolute atomic E-state index is 0. The van der Waals surface area contributed by atoms with Crippen molar-refractivity contribution in [2.45, 2.75) is 30.7 Å². The van der Waals surface area contributed by atoms with Crippen LogP contribution >= 0.6 is 24.0 Å². The van der Waals surface area contributed by atoms with Crippen LogP contribution in [-0.2, 0) is 16.6 Å². The third kappa shape index (κ3) is 5.66. The predicted molar refractivity (Wildman–Crippen MR) is 120 cm³/mol. The molecule has 0 atom stereocenters. The molecule has 0 amide bonds. The molecule has 1 aliphatic heterocycles. The van der Waals surface area contributed by atoms with Crippen LogP contribution in [0.5, 0.6) is 0 Å². The van der Waals surface area contributed by atoms with Gasteiger partial charge in [-0.1, -0.05) is 42.8 Å². The van der Waals surface area contributed by atoms with Gasteiger partial charge in [0, 0.05) is 18.8 Å². The van der Waals surface area contributed by atoms with Gasteiger partial charge in [0.15, 0.2) is 5.96 Å². The number of benzene rings is 2. The van der Waals surface area contributed by atoms with E-state index < -0.39 is 10.0 Å². The molecule has 0 aliphatic carbocycles. The van der Waals surface area contributed by atoms with Crippen molar-refractivity contribution < 1.29 is 8.42 Å². The van der Waals surface area contributed by atoms with Gasteiger partial charge in [-0.05, 0) is 36.6 Å². The van der Waals surface area contributed by atoms with Gasteiger partial charge in [-0.25, -0.2) is 13.4 Å². The molecule has 2 aromatic carbocycles. The van der Waals surface area contributed by atoms with Crippen molar-refractivity contribution in [1.29, 1.82) is 0 Å². The number of piperidine rings is 1. The van der Waals surface area contributed by atoms with Crippen LogP contribution in [0.25, 0.3) is 0 Å². The number of guanidine groups is 1. The van der Waals surface area contributed by atoms with Crippen molar-refractivity contribution >= 4 is 45.6 Å². The highest BCUT2D eigenvalue weighted by atomic mass is 127. The Morgan fingerprint density at radius 1 is 1.00 bits per heavy atom. The maximum atomic E-state index is 13.0. The first-order valence-corrected chi connectivity index (χ1v) is 10.2. The average molecular weight is 500 g/mol. The summed E-state index contributed by atoms with van der Waals surface area (Å²) in [5.41, 5.74) is 7.42. The Morgan fingerprint density at radius 2 is 1.63 bits per heavy atom. The third-order valence-corrected chi connectivity index (χ3v) is 6.37. The molecule has 6 nitrogen and oxygen atoms in total. The molecular formula is C19H25IN4O2S. The van der Waals surface area contributed by atoms with Crippen LogP contribution in [0.1, 0.15) is 24.8 Å². The monoisotopic (exact) mass is 500 g/mol. The van der Waals surface area contributed by atoms with Gasteiger partial charge in [-0.3, -0.25) is 0 Å². The maximum absolute atomic E-state index is 13.0. The number of nitrogens with zero attached hydrogens (tertiary/aromatic N) is 2. The highest BCUT2D eigenvalue weighted by Crippen LogP contribution is 2.24. The molecule has 1 heterocycles. The number of nitrogens with two attached hydrogens (primary N) is 1. The number of hydrogen-bond donors (Lipinski definition) is 2. The van der Waals surface area contributed by atoms with E-state index in [1.54, 1.807) is 22.5 Å². The number of nitrogens with one attached hydrogen (secondary N) is 1. The van der Waals surface area contributed by atoms with E-state index in [1.807, 2.05) is 36.4 Å². The molecule has 0 unspecified atom stereocenters. The Hall–Kier alpha value is -1.65. The molecule has 0 radical (unpaired) electrons. The molecule has 0 spiro atoms. The lowest BCUT2D eigenvalue weighted by atomic mass is 10.2. The Kier molecular flexibility index (Phi) is 8.06. The topological polar surface area (TPSA) is 87.8 Å². The van der Waals surface area contributed by atoms with Crippen LogP contribution in [0.4, 0.5) is 5.69 Å². The summed E-state index contributed by atoms with van der Waals surface area (Å²) in [5, 5.41) is 3.00. The van der Waals surface area contributed by atoms with E-state index in [9.17, 15) is 8.42 Å². The van der Waals surface area contributed by atoms with Gasteiger partial charge in [0.1, 0.15) is 0 Å². The largest absolute Gasteiger partial charge is 0.370 e. The fourth-order valence-electron chi connectivity index (χ4n) is 3.01. The van der Waals surface area contributed by atoms with E-state index in [1.165, 1.54) is 0 Å². The molecule has 2 aromatic rings. The van der Waals surface area contributed by atoms with Gasteiger partial charge >= 0.3 is 0 Å². The van der Waals surface area contributed by atoms with Crippen molar-refractivity contribution in [2.24, 2.45) is 10.7 Å². The average Bonchev–Trinajstić information content (AvgIpc) is 2.68. The van der Waals surface area contributed by atoms with Crippen LogP contribution in [0, 0.1) is 0 Å². The fourth-order valence-corrected chi connectivity index (χ4v) is 4.74. The summed E-state index contributed by atoms with van der Waals surface area (Å²) in [4.78, 5) is 4.63. The molecule has 3 N–H and O–H groups in total. The first-order chi connectivity index (χ1) is 12.6. The molecule has 0 saturated carbocycles. The number of hydrogen-bond acceptors (Lipinski definition) is 3. The van der Waals surface area contributed by atoms with Gasteiger partial charge in [0.2, 0.25) is 10.0 Å². The van der Waals surface area contributed by atoms with E-state index in [4.69, 9.17) is 5.73 Å². The van der Waals surface area contributed by atoms with Gasteiger partial charge in [0.25, 0.3) is 0 Å². The molecule has 146 valence electrons. The molecular weight excluding hydrogens is 475 g/mol. The summed E-state index contributed by atoms with van der Waals surface area (Å²) in [7, 11) is -3.50. The zero-order valence-electron chi connectivity index (χ0n) is 15.0. The summed E-state index contributed by atoms with van der Waals surface area (Å²) in [6.45, 7) is 1.37. The van der Waals surface area contributed by atoms with E-state index in [0.717, 1.165) is 24.9 Å². The number of halogens is 1. The van der Waals surface area contributed by atoms with Crippen molar-refractivity contribution in [2.75, 3.05) is 18.4 Å². The molecule has 0 bridgehead atoms. The minimum atomic E-state index is -3.50. The Morgan fingerprint density at radius 3 is 2.33 bits per heavy atom. The standard InChI is InChI=1S/C19H24N4O2S.HI/c20-19(22-17-10-3-1-4-11-17)21-15-16-9-5-6-12-18(16)26(24,25)23-13-7-2-8-14-23;/h1,3-6,9-12H,2,7-8,13-15H2,(H3,20,21,22);1H. The van der Waals surface area contributed by atoms with E-state index in [2.05, 4.69) is 10.3 Å². The zero-order chi connectivity index (χ0) is 18.4. The second-order valence-electron chi connectivity index (χ2n) is 6.26. The van der Waals surface area contributed by atoms with Crippen molar-refractivity contribution in [3.05, 3.63) is 60.2 Å². The number of anilines is 1. The molecule has 1 fully saturated rings. The molecule has 1 aliphatic rings. The summed E-state index contributed by atoms with van der Waals surface area (Å²) in [6.07, 6.45) is 2.90. The molecule has 3 rings (SSSR count). The van der Waals surface area contributed by atoms with Crippen LogP contribution in [0.15, 0.2) is 64.5 Å². The van der Waals surface area contributed by atoms with Crippen LogP contribution in [0.2, 0.25) is 0 Å². The molecule has 0 aromatic heterocycles. The minimum Gasteiger partial charge on any atom is -0.370 e. The van der Waals surface area contributed by atoms with E-state index >= 15 is 0 Å². The number of aliphatic imine (C=N–C) groups is 1. The Bertz CT molecular complexity index is 866. The predicted octanol–water partition coefficient (Wildman–Crippen LogP) is 3.41. The number of para-hydroxylation sites is 1. The lowest BCUT2D eigenvalue weighted by Crippen LogP contribution is -2.36. The quantitative estimate of drug-likeness (QED) is 0.374. The van der Waals surface area contributed by atoms with Crippen LogP contribution in [0.3, 0.4) is 0 Å². The van der Waals surface area contributed by atoms with Crippen LogP contribution in [-0.4, -0.2) is 31.8 Å². The van der Waals surface area contributed by atoms with Crippen molar-refractivity contribution in [3.8, 4) is 0 Å². The Labute approximate surface area is 177 Å². The lowest BCUT2D eigenvalue weighted by molar-refractivity contribution is 0.346. The summed E-state index contributed by atoms with van der Waals surface area (Å²) in [6, 6.07) is 16.5. The third-order valence-electron chi connectivity index (χ3n) is 4.37. The summed E-state index contributed by atoms with van der Waals surface area (Å²) < 4.78 is 27.5. The number of sulfonamides is 1. The summed E-state index contributed by atoms with van der Waals surface area (Å²) in [5.74, 6) is 0.251. The van der Waals surface area contributed by atoms with E-state index in [0.29, 0.717) is 23.5 Å². The molecule has 27 heavy (non-hydrogen) atoms. The second kappa shape index (κ2) is 10.0. The SMILES string of the molecule is I.NC(=NCc1ccccc1S(=O)(=O)N1CCCCC1)Nc1ccccc1. The zero-order valence-corrected chi connectivity index (χ0v) is 18.2. The Balaban J connectivity index is 0.00000261. The smallest absolute Gasteiger partial charge is 0.243 e. The molecule has 1 saturated heterocycles. The van der Waals surface area contributed by atoms with E-state index in [-0.39, 0.29) is 36.5 Å². The fraction of sp³-hybridized carbons (Fsp3) is 0.316. The second-order valence-corrected chi connectivity index (χ2v) is 8.17. The van der Waals surface area contributed by atoms with Gasteiger partial charge in [0.05, 0.1) is 11.4 Å². The first-order valence-electron chi connectivity index (χ1n) is 8.77. The maximum Gasteiger partial charge on any atom is 0.243 e. The van der Waals surface area contributed by atoms with Gasteiger partial charge in [-0.15, -0.1) is 24.0 Å². The van der Waals surface area contributed by atoms with Crippen LogP contribution < -0.4 is 11.1 Å². The molecule has 8 heteroatoms. The highest BCUT2D eigenvalue weighted by Gasteiger charge is 2.27. The van der Waals surface area contributed by atoms with Crippen molar-refractivity contribution in [3.63, 3.8) is 0 Å². The van der Waals surface area contributed by atoms with Gasteiger partial charge in [-0.2, -0.15) is 4.31 Å². The highest BCUT2D eigenvalue weighted by molar-refractivity contribution is 14.0. The first kappa shape index (κ1) is 21.6. The number of rotatable bonds is 5. The summed E-state index contributed by atoms with van der Waals surface area (Å²) >= 11 is 0. The normalized spacial score (nSPS) is 15.8. The van der Waals surface area contributed by atoms with Gasteiger partial charge < -0.3 is 11.1 Å². The lowest BCUT2D eigenvalue weighted by Gasteiger charge is -2.26. The van der Waals surface area contributed by atoms with Crippen molar-refractivity contribution in [1.82, 2.24) is 4.31 Å².